The summed E-state index contributed by atoms with van der Waals surface area (Å²) in [7, 11) is 1.59. The van der Waals surface area contributed by atoms with E-state index >= 15 is 0 Å². The lowest BCUT2D eigenvalue weighted by Crippen LogP contribution is -2.13. The second-order valence-corrected chi connectivity index (χ2v) is 7.06. The Bertz CT molecular complexity index is 1230. The average molecular weight is 365 g/mol. The van der Waals surface area contributed by atoms with Crippen LogP contribution in [0.2, 0.25) is 0 Å². The number of benzene rings is 4. The molecule has 1 aliphatic carbocycles. The Kier molecular flexibility index (Phi) is 3.87. The van der Waals surface area contributed by atoms with Crippen LogP contribution in [-0.4, -0.2) is 13.0 Å². The normalized spacial score (nSPS) is 11.8. The van der Waals surface area contributed by atoms with E-state index in [1.165, 1.54) is 22.3 Å². The minimum Gasteiger partial charge on any atom is -0.496 e. The van der Waals surface area contributed by atoms with Gasteiger partial charge in [-0.2, -0.15) is 0 Å². The first-order valence-electron chi connectivity index (χ1n) is 9.32. The summed E-state index contributed by atoms with van der Waals surface area (Å²) < 4.78 is 5.47. The van der Waals surface area contributed by atoms with Gasteiger partial charge in [-0.1, -0.05) is 54.6 Å². The fraction of sp³-hybridized carbons (Fsp3) is 0.0800. The van der Waals surface area contributed by atoms with Crippen molar-refractivity contribution in [1.82, 2.24) is 0 Å². The molecule has 1 aliphatic rings. The Labute approximate surface area is 163 Å². The number of hydrogen-bond donors (Lipinski definition) is 1. The van der Waals surface area contributed by atoms with Crippen LogP contribution >= 0.6 is 0 Å². The first kappa shape index (κ1) is 16.6. The first-order valence-corrected chi connectivity index (χ1v) is 9.32. The Morgan fingerprint density at radius 2 is 1.54 bits per heavy atom. The number of ether oxygens (including phenoxy) is 1. The molecule has 1 N–H and O–H groups in total. The lowest BCUT2D eigenvalue weighted by atomic mass is 10.0. The Balaban J connectivity index is 1.47. The highest BCUT2D eigenvalue weighted by Crippen LogP contribution is 2.37. The molecule has 0 spiro atoms. The highest BCUT2D eigenvalue weighted by Gasteiger charge is 2.19. The molecular weight excluding hydrogens is 346 g/mol. The molecule has 0 aromatic heterocycles. The number of carbonyl (C=O) groups is 1. The van der Waals surface area contributed by atoms with Gasteiger partial charge in [-0.25, -0.2) is 0 Å². The summed E-state index contributed by atoms with van der Waals surface area (Å²) in [6, 6.07) is 26.3. The maximum atomic E-state index is 13.0. The summed E-state index contributed by atoms with van der Waals surface area (Å²) >= 11 is 0. The van der Waals surface area contributed by atoms with Crippen molar-refractivity contribution in [2.45, 2.75) is 6.42 Å². The highest BCUT2D eigenvalue weighted by molar-refractivity contribution is 6.09. The number of carbonyl (C=O) groups excluding carboxylic acids is 1. The summed E-state index contributed by atoms with van der Waals surface area (Å²) in [6.45, 7) is 0. The SMILES string of the molecule is COc1cc2ccccc2cc1C(=O)Nc1ccc2c(c1)Cc1ccccc1-2. The van der Waals surface area contributed by atoms with E-state index in [1.54, 1.807) is 7.11 Å². The van der Waals surface area contributed by atoms with E-state index < -0.39 is 0 Å². The van der Waals surface area contributed by atoms with Crippen molar-refractivity contribution in [2.75, 3.05) is 12.4 Å². The standard InChI is InChI=1S/C25H19NO2/c1-28-24-15-17-7-3-2-6-16(17)14-23(24)25(27)26-20-10-11-22-19(13-20)12-18-8-4-5-9-21(18)22/h2-11,13-15H,12H2,1H3,(H,26,27). The van der Waals surface area contributed by atoms with Gasteiger partial charge in [-0.05, 0) is 63.7 Å². The highest BCUT2D eigenvalue weighted by atomic mass is 16.5. The lowest BCUT2D eigenvalue weighted by molar-refractivity contribution is 0.102. The molecule has 0 aliphatic heterocycles. The fourth-order valence-electron chi connectivity index (χ4n) is 3.99. The van der Waals surface area contributed by atoms with Crippen molar-refractivity contribution in [2.24, 2.45) is 0 Å². The van der Waals surface area contributed by atoms with Crippen molar-refractivity contribution in [1.29, 1.82) is 0 Å². The molecule has 3 heteroatoms. The van der Waals surface area contributed by atoms with Crippen LogP contribution in [0.1, 0.15) is 21.5 Å². The van der Waals surface area contributed by atoms with Gasteiger partial charge in [0.1, 0.15) is 5.75 Å². The van der Waals surface area contributed by atoms with Gasteiger partial charge in [0.15, 0.2) is 0 Å². The van der Waals surface area contributed by atoms with Crippen LogP contribution in [0, 0.1) is 0 Å². The average Bonchev–Trinajstić information content (AvgIpc) is 3.10. The smallest absolute Gasteiger partial charge is 0.259 e. The third kappa shape index (κ3) is 2.72. The second kappa shape index (κ2) is 6.54. The van der Waals surface area contributed by atoms with Crippen molar-refractivity contribution in [3.8, 4) is 16.9 Å². The van der Waals surface area contributed by atoms with E-state index in [-0.39, 0.29) is 5.91 Å². The van der Waals surface area contributed by atoms with E-state index in [1.807, 2.05) is 42.5 Å². The van der Waals surface area contributed by atoms with Crippen molar-refractivity contribution < 1.29 is 9.53 Å². The molecule has 0 atom stereocenters. The van der Waals surface area contributed by atoms with Gasteiger partial charge < -0.3 is 10.1 Å². The number of anilines is 1. The summed E-state index contributed by atoms with van der Waals surface area (Å²) in [5, 5.41) is 5.09. The topological polar surface area (TPSA) is 38.3 Å². The summed E-state index contributed by atoms with van der Waals surface area (Å²) in [5.41, 5.74) is 6.43. The van der Waals surface area contributed by atoms with E-state index in [0.29, 0.717) is 11.3 Å². The van der Waals surface area contributed by atoms with Crippen molar-refractivity contribution in [3.05, 3.63) is 95.6 Å². The minimum absolute atomic E-state index is 0.168. The molecule has 5 rings (SSSR count). The molecule has 0 radical (unpaired) electrons. The molecule has 0 saturated heterocycles. The molecule has 0 unspecified atom stereocenters. The van der Waals surface area contributed by atoms with E-state index in [9.17, 15) is 4.79 Å². The molecule has 136 valence electrons. The third-order valence-electron chi connectivity index (χ3n) is 5.36. The van der Waals surface area contributed by atoms with Crippen LogP contribution in [0.4, 0.5) is 5.69 Å². The van der Waals surface area contributed by atoms with E-state index in [4.69, 9.17) is 4.74 Å². The molecule has 4 aromatic carbocycles. The number of fused-ring (bicyclic) bond motifs is 4. The number of nitrogens with one attached hydrogen (secondary N) is 1. The Morgan fingerprint density at radius 3 is 2.36 bits per heavy atom. The minimum atomic E-state index is -0.168. The van der Waals surface area contributed by atoms with Gasteiger partial charge in [-0.3, -0.25) is 4.79 Å². The van der Waals surface area contributed by atoms with E-state index in [2.05, 4.69) is 41.7 Å². The van der Waals surface area contributed by atoms with E-state index in [0.717, 1.165) is 22.9 Å². The van der Waals surface area contributed by atoms with Crippen molar-refractivity contribution >= 4 is 22.4 Å². The molecule has 0 fully saturated rings. The quantitative estimate of drug-likeness (QED) is 0.447. The summed E-state index contributed by atoms with van der Waals surface area (Å²) in [5.74, 6) is 0.405. The maximum absolute atomic E-state index is 13.0. The molecule has 1 amide bonds. The van der Waals surface area contributed by atoms with Crippen LogP contribution in [0.3, 0.4) is 0 Å². The van der Waals surface area contributed by atoms with Gasteiger partial charge in [0.25, 0.3) is 5.91 Å². The summed E-state index contributed by atoms with van der Waals surface area (Å²) in [4.78, 5) is 13.0. The second-order valence-electron chi connectivity index (χ2n) is 7.06. The fourth-order valence-corrected chi connectivity index (χ4v) is 3.99. The van der Waals surface area contributed by atoms with Gasteiger partial charge >= 0.3 is 0 Å². The molecule has 28 heavy (non-hydrogen) atoms. The first-order chi connectivity index (χ1) is 13.7. The molecule has 4 aromatic rings. The number of methoxy groups -OCH3 is 1. The van der Waals surface area contributed by atoms with Crippen LogP contribution in [0.5, 0.6) is 5.75 Å². The summed E-state index contributed by atoms with van der Waals surface area (Å²) in [6.07, 6.45) is 0.897. The number of hydrogen-bond acceptors (Lipinski definition) is 2. The van der Waals surface area contributed by atoms with Crippen LogP contribution < -0.4 is 10.1 Å². The predicted octanol–water partition coefficient (Wildman–Crippen LogP) is 5.67. The maximum Gasteiger partial charge on any atom is 0.259 e. The largest absolute Gasteiger partial charge is 0.496 e. The Morgan fingerprint density at radius 1 is 0.821 bits per heavy atom. The van der Waals surface area contributed by atoms with Crippen LogP contribution in [-0.2, 0) is 6.42 Å². The Hall–Kier alpha value is -3.59. The molecular formula is C25H19NO2. The molecule has 0 saturated carbocycles. The van der Waals surface area contributed by atoms with Gasteiger partial charge in [0.2, 0.25) is 0 Å². The molecule has 0 bridgehead atoms. The predicted molar refractivity (Wildman–Crippen MR) is 113 cm³/mol. The zero-order valence-corrected chi connectivity index (χ0v) is 15.5. The van der Waals surface area contributed by atoms with Crippen LogP contribution in [0.25, 0.3) is 21.9 Å². The zero-order chi connectivity index (χ0) is 19.1. The third-order valence-corrected chi connectivity index (χ3v) is 5.36. The molecule has 0 heterocycles. The van der Waals surface area contributed by atoms with Gasteiger partial charge in [0, 0.05) is 5.69 Å². The zero-order valence-electron chi connectivity index (χ0n) is 15.5. The van der Waals surface area contributed by atoms with Gasteiger partial charge in [-0.15, -0.1) is 0 Å². The molecule has 3 nitrogen and oxygen atoms in total. The van der Waals surface area contributed by atoms with Crippen molar-refractivity contribution in [3.63, 3.8) is 0 Å². The van der Waals surface area contributed by atoms with Gasteiger partial charge in [0.05, 0.1) is 12.7 Å². The van der Waals surface area contributed by atoms with Crippen LogP contribution in [0.15, 0.2) is 78.9 Å². The lowest BCUT2D eigenvalue weighted by Gasteiger charge is -2.12. The number of rotatable bonds is 3. The number of amides is 1. The monoisotopic (exact) mass is 365 g/mol.